The lowest BCUT2D eigenvalue weighted by Gasteiger charge is -2.28. The smallest absolute Gasteiger partial charge is 0.248 e. The molecule has 2 aromatic rings. The monoisotopic (exact) mass is 370 g/mol. The van der Waals surface area contributed by atoms with Crippen LogP contribution >= 0.6 is 11.6 Å². The number of anilines is 2. The molecule has 0 aromatic heterocycles. The fraction of sp³-hybridized carbons (Fsp3) is 0.188. The van der Waals surface area contributed by atoms with Crippen LogP contribution in [0, 0.1) is 5.82 Å². The third kappa shape index (κ3) is 4.24. The molecule has 1 amide bonds. The predicted molar refractivity (Wildman–Crippen MR) is 93.3 cm³/mol. The molecule has 0 bridgehead atoms. The Labute approximate surface area is 145 Å². The standard InChI is InChI=1S/C16H16ClFN2O3S/c1-11(16(21)19-15-6-4-3-5-14(15)18)20(24(2,22)23)13-9-7-12(17)8-10-13/h3-11H,1-2H3,(H,19,21)/t11-/m0/s1. The third-order valence-corrected chi connectivity index (χ3v) is 4.79. The second-order valence-corrected chi connectivity index (χ2v) is 7.48. The number of halogens is 2. The van der Waals surface area contributed by atoms with Crippen LogP contribution in [-0.2, 0) is 14.8 Å². The number of carbonyl (C=O) groups excluding carboxylic acids is 1. The maximum absolute atomic E-state index is 13.7. The van der Waals surface area contributed by atoms with Crippen molar-refractivity contribution < 1.29 is 17.6 Å². The van der Waals surface area contributed by atoms with E-state index in [0.29, 0.717) is 5.02 Å². The summed E-state index contributed by atoms with van der Waals surface area (Å²) in [6, 6.07) is 10.6. The molecule has 0 spiro atoms. The first kappa shape index (κ1) is 18.2. The van der Waals surface area contributed by atoms with Crippen molar-refractivity contribution in [2.24, 2.45) is 0 Å². The molecule has 0 aliphatic carbocycles. The van der Waals surface area contributed by atoms with Crippen LogP contribution in [-0.4, -0.2) is 26.6 Å². The Bertz CT molecular complexity index is 841. The molecule has 1 N–H and O–H groups in total. The molecule has 0 heterocycles. The lowest BCUT2D eigenvalue weighted by atomic mass is 10.2. The summed E-state index contributed by atoms with van der Waals surface area (Å²) in [5, 5.41) is 2.84. The second kappa shape index (κ2) is 7.19. The van der Waals surface area contributed by atoms with E-state index in [1.54, 1.807) is 6.07 Å². The first-order valence-electron chi connectivity index (χ1n) is 7.00. The van der Waals surface area contributed by atoms with Crippen LogP contribution in [0.4, 0.5) is 15.8 Å². The van der Waals surface area contributed by atoms with E-state index in [-0.39, 0.29) is 11.4 Å². The Morgan fingerprint density at radius 2 is 1.75 bits per heavy atom. The number of benzene rings is 2. The fourth-order valence-electron chi connectivity index (χ4n) is 2.20. The highest BCUT2D eigenvalue weighted by Gasteiger charge is 2.29. The third-order valence-electron chi connectivity index (χ3n) is 3.30. The highest BCUT2D eigenvalue weighted by molar-refractivity contribution is 7.92. The highest BCUT2D eigenvalue weighted by atomic mass is 35.5. The molecule has 0 saturated heterocycles. The molecular formula is C16H16ClFN2O3S. The molecule has 1 atom stereocenters. The Hall–Kier alpha value is -2.12. The molecule has 8 heteroatoms. The molecular weight excluding hydrogens is 355 g/mol. The van der Waals surface area contributed by atoms with Gasteiger partial charge in [-0.3, -0.25) is 9.10 Å². The molecule has 0 radical (unpaired) electrons. The molecule has 0 aliphatic heterocycles. The number of nitrogens with one attached hydrogen (secondary N) is 1. The van der Waals surface area contributed by atoms with Crippen molar-refractivity contribution >= 4 is 38.9 Å². The fourth-order valence-corrected chi connectivity index (χ4v) is 3.50. The van der Waals surface area contributed by atoms with Gasteiger partial charge in [-0.05, 0) is 43.3 Å². The quantitative estimate of drug-likeness (QED) is 0.878. The topological polar surface area (TPSA) is 66.5 Å². The molecule has 0 unspecified atom stereocenters. The van der Waals surface area contributed by atoms with Crippen LogP contribution < -0.4 is 9.62 Å². The van der Waals surface area contributed by atoms with Gasteiger partial charge in [0.05, 0.1) is 17.6 Å². The van der Waals surface area contributed by atoms with Gasteiger partial charge in [-0.1, -0.05) is 23.7 Å². The molecule has 2 aromatic carbocycles. The summed E-state index contributed by atoms with van der Waals surface area (Å²) in [5.74, 6) is -1.25. The summed E-state index contributed by atoms with van der Waals surface area (Å²) < 4.78 is 38.9. The van der Waals surface area contributed by atoms with Gasteiger partial charge >= 0.3 is 0 Å². The van der Waals surface area contributed by atoms with Gasteiger partial charge < -0.3 is 5.32 Å². The maximum Gasteiger partial charge on any atom is 0.248 e. The molecule has 0 fully saturated rings. The summed E-state index contributed by atoms with van der Waals surface area (Å²) in [7, 11) is -3.74. The minimum atomic E-state index is -3.74. The van der Waals surface area contributed by atoms with E-state index in [1.165, 1.54) is 49.4 Å². The van der Waals surface area contributed by atoms with Crippen molar-refractivity contribution in [3.63, 3.8) is 0 Å². The number of carbonyl (C=O) groups is 1. The summed E-state index contributed by atoms with van der Waals surface area (Å²) in [6.07, 6.45) is 0.995. The van der Waals surface area contributed by atoms with Crippen LogP contribution in [0.25, 0.3) is 0 Å². The zero-order valence-corrected chi connectivity index (χ0v) is 14.6. The van der Waals surface area contributed by atoms with Gasteiger partial charge in [-0.25, -0.2) is 12.8 Å². The minimum Gasteiger partial charge on any atom is -0.322 e. The van der Waals surface area contributed by atoms with Crippen LogP contribution in [0.15, 0.2) is 48.5 Å². The number of amides is 1. The molecule has 128 valence electrons. The normalized spacial score (nSPS) is 12.5. The summed E-state index contributed by atoms with van der Waals surface area (Å²) in [4.78, 5) is 12.4. The average molecular weight is 371 g/mol. The zero-order chi connectivity index (χ0) is 17.9. The Kier molecular flexibility index (Phi) is 5.46. The Balaban J connectivity index is 2.31. The van der Waals surface area contributed by atoms with Gasteiger partial charge in [0.25, 0.3) is 0 Å². The van der Waals surface area contributed by atoms with Crippen molar-refractivity contribution in [1.82, 2.24) is 0 Å². The van der Waals surface area contributed by atoms with Crippen LogP contribution in [0.5, 0.6) is 0 Å². The lowest BCUT2D eigenvalue weighted by Crippen LogP contribution is -2.45. The van der Waals surface area contributed by atoms with Crippen LogP contribution in [0.3, 0.4) is 0 Å². The number of rotatable bonds is 5. The summed E-state index contributed by atoms with van der Waals surface area (Å²) in [5.41, 5.74) is 0.275. The zero-order valence-electron chi connectivity index (χ0n) is 13.0. The number of hydrogen-bond donors (Lipinski definition) is 1. The molecule has 5 nitrogen and oxygen atoms in total. The van der Waals surface area contributed by atoms with Crippen molar-refractivity contribution in [1.29, 1.82) is 0 Å². The van der Waals surface area contributed by atoms with Crippen LogP contribution in [0.2, 0.25) is 5.02 Å². The van der Waals surface area contributed by atoms with Crippen molar-refractivity contribution in [2.75, 3.05) is 15.9 Å². The first-order chi connectivity index (χ1) is 11.2. The average Bonchev–Trinajstić information content (AvgIpc) is 2.50. The van der Waals surface area contributed by atoms with Crippen molar-refractivity contribution in [2.45, 2.75) is 13.0 Å². The predicted octanol–water partition coefficient (Wildman–Crippen LogP) is 3.27. The number of sulfonamides is 1. The van der Waals surface area contributed by atoms with Gasteiger partial charge in [0.15, 0.2) is 0 Å². The van der Waals surface area contributed by atoms with E-state index >= 15 is 0 Å². The van der Waals surface area contributed by atoms with Crippen LogP contribution in [0.1, 0.15) is 6.92 Å². The second-order valence-electron chi connectivity index (χ2n) is 5.18. The Morgan fingerprint density at radius 1 is 1.17 bits per heavy atom. The van der Waals surface area contributed by atoms with Gasteiger partial charge in [0.2, 0.25) is 15.9 Å². The van der Waals surface area contributed by atoms with E-state index in [0.717, 1.165) is 10.6 Å². The summed E-state index contributed by atoms with van der Waals surface area (Å²) >= 11 is 5.81. The minimum absolute atomic E-state index is 0.0149. The largest absolute Gasteiger partial charge is 0.322 e. The van der Waals surface area contributed by atoms with E-state index < -0.39 is 27.8 Å². The molecule has 0 saturated carbocycles. The number of nitrogens with zero attached hydrogens (tertiary/aromatic N) is 1. The lowest BCUT2D eigenvalue weighted by molar-refractivity contribution is -0.116. The number of para-hydroxylation sites is 1. The van der Waals surface area contributed by atoms with Gasteiger partial charge in [0.1, 0.15) is 11.9 Å². The first-order valence-corrected chi connectivity index (χ1v) is 9.23. The van der Waals surface area contributed by atoms with Crippen molar-refractivity contribution in [3.8, 4) is 0 Å². The van der Waals surface area contributed by atoms with Crippen molar-refractivity contribution in [3.05, 3.63) is 59.4 Å². The van der Waals surface area contributed by atoms with Gasteiger partial charge in [-0.2, -0.15) is 0 Å². The molecule has 0 aliphatic rings. The number of hydrogen-bond acceptors (Lipinski definition) is 3. The van der Waals surface area contributed by atoms with E-state index in [1.807, 2.05) is 0 Å². The van der Waals surface area contributed by atoms with E-state index in [2.05, 4.69) is 5.32 Å². The highest BCUT2D eigenvalue weighted by Crippen LogP contribution is 2.24. The Morgan fingerprint density at radius 3 is 2.29 bits per heavy atom. The van der Waals surface area contributed by atoms with E-state index in [4.69, 9.17) is 11.6 Å². The maximum atomic E-state index is 13.7. The summed E-state index contributed by atoms with van der Waals surface area (Å²) in [6.45, 7) is 1.42. The van der Waals surface area contributed by atoms with Gasteiger partial charge in [0, 0.05) is 5.02 Å². The van der Waals surface area contributed by atoms with E-state index in [9.17, 15) is 17.6 Å². The SMILES string of the molecule is C[C@@H](C(=O)Nc1ccccc1F)N(c1ccc(Cl)cc1)S(C)(=O)=O. The van der Waals surface area contributed by atoms with Gasteiger partial charge in [-0.15, -0.1) is 0 Å². The molecule has 24 heavy (non-hydrogen) atoms. The molecule has 2 rings (SSSR count).